The quantitative estimate of drug-likeness (QED) is 0.297. The third kappa shape index (κ3) is 2.88. The molecule has 0 bridgehead atoms. The van der Waals surface area contributed by atoms with E-state index in [1.807, 2.05) is 47.4 Å². The van der Waals surface area contributed by atoms with Gasteiger partial charge in [-0.2, -0.15) is 0 Å². The Hall–Kier alpha value is -1.54. The molecule has 3 aromatic rings. The van der Waals surface area contributed by atoms with Crippen LogP contribution in [0.5, 0.6) is 5.75 Å². The summed E-state index contributed by atoms with van der Waals surface area (Å²) >= 11 is 9.05. The van der Waals surface area contributed by atoms with Crippen molar-refractivity contribution in [2.45, 2.75) is 19.4 Å². The molecule has 1 amide bonds. The zero-order valence-corrected chi connectivity index (χ0v) is 18.9. The number of fused-ring (bicyclic) bond motifs is 3. The average molecular weight is 478 g/mol. The second-order valence-electron chi connectivity index (χ2n) is 6.72. The Morgan fingerprint density at radius 2 is 1.85 bits per heavy atom. The minimum atomic E-state index is -0.542. The highest BCUT2D eigenvalue weighted by Gasteiger charge is 2.44. The summed E-state index contributed by atoms with van der Waals surface area (Å²) in [5.41, 5.74) is 2.88. The second kappa shape index (κ2) is 6.81. The van der Waals surface area contributed by atoms with Crippen molar-refractivity contribution in [3.05, 3.63) is 61.2 Å². The van der Waals surface area contributed by atoms with Crippen molar-refractivity contribution in [2.24, 2.45) is 0 Å². The summed E-state index contributed by atoms with van der Waals surface area (Å²) in [5, 5.41) is 0. The number of para-hydroxylation sites is 1. The fraction of sp³-hybridized carbons (Fsp3) is 0.200. The van der Waals surface area contributed by atoms with Gasteiger partial charge in [0.25, 0.3) is 5.91 Å². The number of halogens is 1. The highest BCUT2D eigenvalue weighted by molar-refractivity contribution is 9.10. The van der Waals surface area contributed by atoms with Crippen molar-refractivity contribution in [1.82, 2.24) is 0 Å². The van der Waals surface area contributed by atoms with Crippen LogP contribution in [0.4, 0.5) is 5.69 Å². The molecule has 0 aliphatic carbocycles. The standard InChI is InChI=1S/C20H16BrNO2S3/c1-20(2)17-15(19(25)27-26-17)13-5-4-6-14(24-3)16(13)22(20)18(23)11-7-9-12(21)10-8-11/h4-10H,1-3H3. The Balaban J connectivity index is 2.01. The van der Waals surface area contributed by atoms with Crippen molar-refractivity contribution < 1.29 is 9.53 Å². The smallest absolute Gasteiger partial charge is 0.259 e. The molecule has 1 aliphatic rings. The van der Waals surface area contributed by atoms with E-state index in [2.05, 4.69) is 29.8 Å². The van der Waals surface area contributed by atoms with Crippen LogP contribution in [-0.2, 0) is 5.54 Å². The van der Waals surface area contributed by atoms with Crippen molar-refractivity contribution in [3.63, 3.8) is 0 Å². The molecule has 2 heterocycles. The van der Waals surface area contributed by atoms with E-state index in [1.165, 1.54) is 0 Å². The molecule has 1 aromatic heterocycles. The van der Waals surface area contributed by atoms with Gasteiger partial charge in [0.15, 0.2) is 0 Å². The monoisotopic (exact) mass is 477 g/mol. The van der Waals surface area contributed by atoms with Crippen LogP contribution in [0.2, 0.25) is 0 Å². The van der Waals surface area contributed by atoms with E-state index in [0.29, 0.717) is 11.3 Å². The van der Waals surface area contributed by atoms with Crippen LogP contribution in [0.1, 0.15) is 29.1 Å². The van der Waals surface area contributed by atoms with Crippen LogP contribution in [0.3, 0.4) is 0 Å². The van der Waals surface area contributed by atoms with E-state index in [9.17, 15) is 4.79 Å². The summed E-state index contributed by atoms with van der Waals surface area (Å²) in [4.78, 5) is 16.6. The van der Waals surface area contributed by atoms with Gasteiger partial charge >= 0.3 is 0 Å². The zero-order valence-electron chi connectivity index (χ0n) is 14.9. The highest BCUT2D eigenvalue weighted by atomic mass is 79.9. The van der Waals surface area contributed by atoms with Gasteiger partial charge in [-0.25, -0.2) is 0 Å². The molecule has 0 N–H and O–H groups in total. The maximum atomic E-state index is 13.6. The number of carbonyl (C=O) groups is 1. The second-order valence-corrected chi connectivity index (χ2v) is 10.5. The predicted molar refractivity (Wildman–Crippen MR) is 119 cm³/mol. The lowest BCUT2D eigenvalue weighted by Crippen LogP contribution is -2.48. The van der Waals surface area contributed by atoms with E-state index in [0.717, 1.165) is 30.0 Å². The lowest BCUT2D eigenvalue weighted by molar-refractivity contribution is 0.0960. The normalized spacial score (nSPS) is 14.4. The predicted octanol–water partition coefficient (Wildman–Crippen LogP) is 6.87. The molecule has 1 aliphatic heterocycles. The number of benzene rings is 2. The van der Waals surface area contributed by atoms with E-state index >= 15 is 0 Å². The summed E-state index contributed by atoms with van der Waals surface area (Å²) < 4.78 is 7.44. The van der Waals surface area contributed by atoms with Gasteiger partial charge in [0.2, 0.25) is 0 Å². The maximum absolute atomic E-state index is 13.6. The SMILES string of the molecule is COc1cccc2c1N(C(=O)c1ccc(Br)cc1)C(C)(C)c1ssc(=S)c1-2. The Labute approximate surface area is 178 Å². The molecule has 138 valence electrons. The fourth-order valence-corrected chi connectivity index (χ4v) is 7.02. The van der Waals surface area contributed by atoms with Gasteiger partial charge in [-0.1, -0.05) is 61.0 Å². The number of ether oxygens (including phenoxy) is 1. The Bertz CT molecular complexity index is 1100. The van der Waals surface area contributed by atoms with E-state index in [4.69, 9.17) is 17.0 Å². The first-order valence-electron chi connectivity index (χ1n) is 8.27. The first-order valence-corrected chi connectivity index (χ1v) is 11.6. The number of anilines is 1. The summed E-state index contributed by atoms with van der Waals surface area (Å²) in [6.45, 7) is 4.13. The Kier molecular flexibility index (Phi) is 4.74. The first-order chi connectivity index (χ1) is 12.9. The molecule has 0 radical (unpaired) electrons. The molecule has 4 rings (SSSR count). The molecule has 0 saturated heterocycles. The maximum Gasteiger partial charge on any atom is 0.259 e. The van der Waals surface area contributed by atoms with E-state index in [1.54, 1.807) is 27.8 Å². The van der Waals surface area contributed by atoms with Crippen LogP contribution in [0, 0.1) is 3.82 Å². The average Bonchev–Trinajstić information content (AvgIpc) is 3.04. The minimum absolute atomic E-state index is 0.0618. The van der Waals surface area contributed by atoms with Gasteiger partial charge in [-0.15, -0.1) is 0 Å². The lowest BCUT2D eigenvalue weighted by atomic mass is 9.86. The molecular weight excluding hydrogens is 462 g/mol. The molecule has 0 fully saturated rings. The lowest BCUT2D eigenvalue weighted by Gasteiger charge is -2.43. The fourth-order valence-electron chi connectivity index (χ4n) is 3.47. The number of carbonyl (C=O) groups excluding carboxylic acids is 1. The number of amides is 1. The largest absolute Gasteiger partial charge is 0.495 e. The van der Waals surface area contributed by atoms with E-state index < -0.39 is 5.54 Å². The molecule has 0 saturated carbocycles. The number of hydrogen-bond acceptors (Lipinski definition) is 5. The molecular formula is C20H16BrNO2S3. The topological polar surface area (TPSA) is 29.5 Å². The van der Waals surface area contributed by atoms with Crippen LogP contribution in [0.25, 0.3) is 11.1 Å². The van der Waals surface area contributed by atoms with Gasteiger partial charge in [-0.05, 0) is 44.2 Å². The first kappa shape index (κ1) is 18.8. The molecule has 27 heavy (non-hydrogen) atoms. The van der Waals surface area contributed by atoms with Gasteiger partial charge in [0.1, 0.15) is 9.57 Å². The highest BCUT2D eigenvalue weighted by Crippen LogP contribution is 2.55. The molecule has 2 aromatic carbocycles. The number of hydrogen-bond donors (Lipinski definition) is 0. The third-order valence-electron chi connectivity index (χ3n) is 4.75. The van der Waals surface area contributed by atoms with Crippen molar-refractivity contribution in [2.75, 3.05) is 12.0 Å². The van der Waals surface area contributed by atoms with Crippen LogP contribution in [0.15, 0.2) is 46.9 Å². The number of methoxy groups -OCH3 is 1. The van der Waals surface area contributed by atoms with Gasteiger partial charge in [-0.3, -0.25) is 9.69 Å². The Morgan fingerprint density at radius 3 is 2.52 bits per heavy atom. The van der Waals surface area contributed by atoms with Crippen molar-refractivity contribution >= 4 is 60.4 Å². The summed E-state index contributed by atoms with van der Waals surface area (Å²) in [6, 6.07) is 13.3. The van der Waals surface area contributed by atoms with Crippen molar-refractivity contribution in [3.8, 4) is 16.9 Å². The van der Waals surface area contributed by atoms with Crippen LogP contribution >= 0.6 is 48.8 Å². The molecule has 3 nitrogen and oxygen atoms in total. The van der Waals surface area contributed by atoms with E-state index in [-0.39, 0.29) is 5.91 Å². The van der Waals surface area contributed by atoms with Crippen molar-refractivity contribution in [1.29, 1.82) is 0 Å². The summed E-state index contributed by atoms with van der Waals surface area (Å²) in [6.07, 6.45) is 0. The van der Waals surface area contributed by atoms with Crippen LogP contribution < -0.4 is 9.64 Å². The van der Waals surface area contributed by atoms with Gasteiger partial charge < -0.3 is 4.74 Å². The van der Waals surface area contributed by atoms with Gasteiger partial charge in [0, 0.05) is 21.2 Å². The van der Waals surface area contributed by atoms with Gasteiger partial charge in [0.05, 0.1) is 23.2 Å². The Morgan fingerprint density at radius 1 is 1.15 bits per heavy atom. The number of rotatable bonds is 2. The molecule has 7 heteroatoms. The summed E-state index contributed by atoms with van der Waals surface area (Å²) in [5.74, 6) is 0.607. The summed E-state index contributed by atoms with van der Waals surface area (Å²) in [7, 11) is 4.86. The van der Waals surface area contributed by atoms with Crippen LogP contribution in [-0.4, -0.2) is 13.0 Å². The minimum Gasteiger partial charge on any atom is -0.495 e. The molecule has 0 spiro atoms. The molecule has 0 unspecified atom stereocenters. The third-order valence-corrected chi connectivity index (χ3v) is 8.61. The molecule has 0 atom stereocenters. The zero-order chi connectivity index (χ0) is 19.3. The number of nitrogens with zero attached hydrogens (tertiary/aromatic N) is 1.